The molecule has 1 heterocycles. The van der Waals surface area contributed by atoms with Crippen LogP contribution < -0.4 is 15.9 Å². The first-order valence-electron chi connectivity index (χ1n) is 7.93. The normalized spacial score (nSPS) is 17.0. The topological polar surface area (TPSA) is 117 Å². The Labute approximate surface area is 154 Å². The van der Waals surface area contributed by atoms with Crippen LogP contribution in [-0.2, 0) is 4.74 Å². The third kappa shape index (κ3) is 3.71. The summed E-state index contributed by atoms with van der Waals surface area (Å²) in [6.07, 6.45) is -0.463. The largest absolute Gasteiger partial charge is 0.465 e. The molecule has 140 valence electrons. The van der Waals surface area contributed by atoms with Crippen molar-refractivity contribution in [3.63, 3.8) is 0 Å². The van der Waals surface area contributed by atoms with Gasteiger partial charge in [-0.25, -0.2) is 25.4 Å². The molecule has 0 aromatic heterocycles. The number of esters is 1. The Morgan fingerprint density at radius 1 is 1.11 bits per heavy atom. The van der Waals surface area contributed by atoms with Crippen LogP contribution in [0.3, 0.4) is 0 Å². The van der Waals surface area contributed by atoms with E-state index in [0.717, 1.165) is 5.56 Å². The second-order valence-corrected chi connectivity index (χ2v) is 5.76. The highest BCUT2D eigenvalue weighted by atomic mass is 16.6. The SMILES string of the molecule is COC(=O)c1ccc(C2NN(C)C(=O)N(c3ccc([N+](=O)[O-])cc3)N2)cc1. The van der Waals surface area contributed by atoms with Crippen LogP contribution in [0.5, 0.6) is 0 Å². The van der Waals surface area contributed by atoms with Gasteiger partial charge in [0.2, 0.25) is 0 Å². The van der Waals surface area contributed by atoms with E-state index in [1.165, 1.54) is 41.4 Å². The third-order valence-electron chi connectivity index (χ3n) is 4.04. The maximum atomic E-state index is 12.4. The number of hydrogen-bond acceptors (Lipinski definition) is 7. The molecule has 1 atom stereocenters. The number of carbonyl (C=O) groups excluding carboxylic acids is 2. The zero-order valence-electron chi connectivity index (χ0n) is 14.6. The van der Waals surface area contributed by atoms with E-state index in [9.17, 15) is 19.7 Å². The summed E-state index contributed by atoms with van der Waals surface area (Å²) >= 11 is 0. The predicted octanol–water partition coefficient (Wildman–Crippen LogP) is 1.96. The highest BCUT2D eigenvalue weighted by Gasteiger charge is 2.31. The molecule has 27 heavy (non-hydrogen) atoms. The minimum Gasteiger partial charge on any atom is -0.465 e. The smallest absolute Gasteiger partial charge is 0.353 e. The fourth-order valence-electron chi connectivity index (χ4n) is 2.60. The van der Waals surface area contributed by atoms with E-state index in [4.69, 9.17) is 0 Å². The molecule has 2 aromatic carbocycles. The Kier molecular flexibility index (Phi) is 5.01. The van der Waals surface area contributed by atoms with Crippen LogP contribution >= 0.6 is 0 Å². The van der Waals surface area contributed by atoms with Crippen molar-refractivity contribution in [1.29, 1.82) is 0 Å². The quantitative estimate of drug-likeness (QED) is 0.479. The summed E-state index contributed by atoms with van der Waals surface area (Å²) in [6.45, 7) is 0. The molecule has 0 saturated carbocycles. The van der Waals surface area contributed by atoms with Crippen LogP contribution in [0, 0.1) is 10.1 Å². The number of non-ortho nitro benzene ring substituents is 1. The van der Waals surface area contributed by atoms with Crippen LogP contribution in [0.15, 0.2) is 48.5 Å². The summed E-state index contributed by atoms with van der Waals surface area (Å²) in [5.41, 5.74) is 7.58. The van der Waals surface area contributed by atoms with Gasteiger partial charge in [0.15, 0.2) is 0 Å². The summed E-state index contributed by atoms with van der Waals surface area (Å²) in [6, 6.07) is 11.9. The second-order valence-electron chi connectivity index (χ2n) is 5.76. The van der Waals surface area contributed by atoms with E-state index in [2.05, 4.69) is 15.6 Å². The standard InChI is InChI=1S/C17H17N5O5/c1-20-17(24)21(13-7-9-14(10-8-13)22(25)26)19-15(18-20)11-3-5-12(6-4-11)16(23)27-2/h3-10,15,18-19H,1-2H3. The van der Waals surface area contributed by atoms with Crippen molar-refractivity contribution in [1.82, 2.24) is 15.9 Å². The molecule has 1 fully saturated rings. The molecule has 1 aliphatic heterocycles. The van der Waals surface area contributed by atoms with E-state index in [0.29, 0.717) is 11.3 Å². The third-order valence-corrected chi connectivity index (χ3v) is 4.04. The lowest BCUT2D eigenvalue weighted by Gasteiger charge is -2.39. The van der Waals surface area contributed by atoms with E-state index >= 15 is 0 Å². The average molecular weight is 371 g/mol. The number of hydrazine groups is 2. The number of benzene rings is 2. The molecule has 0 bridgehead atoms. The number of rotatable bonds is 4. The molecule has 2 amide bonds. The number of hydrogen-bond donors (Lipinski definition) is 2. The molecule has 3 rings (SSSR count). The van der Waals surface area contributed by atoms with Crippen molar-refractivity contribution in [3.8, 4) is 0 Å². The number of urea groups is 1. The molecule has 2 N–H and O–H groups in total. The Balaban J connectivity index is 1.83. The van der Waals surface area contributed by atoms with E-state index < -0.39 is 17.1 Å². The van der Waals surface area contributed by atoms with Crippen LogP contribution in [0.1, 0.15) is 22.1 Å². The first kappa shape index (κ1) is 18.3. The molecule has 0 spiro atoms. The maximum absolute atomic E-state index is 12.4. The van der Waals surface area contributed by atoms with Gasteiger partial charge in [0.25, 0.3) is 5.69 Å². The number of amides is 2. The van der Waals surface area contributed by atoms with Gasteiger partial charge in [0.1, 0.15) is 6.17 Å². The zero-order valence-corrected chi connectivity index (χ0v) is 14.6. The highest BCUT2D eigenvalue weighted by Crippen LogP contribution is 2.23. The highest BCUT2D eigenvalue weighted by molar-refractivity contribution is 5.91. The molecule has 1 aliphatic rings. The summed E-state index contributed by atoms with van der Waals surface area (Å²) in [5.74, 6) is -0.439. The molecule has 1 saturated heterocycles. The van der Waals surface area contributed by atoms with Crippen LogP contribution in [0.25, 0.3) is 0 Å². The molecular weight excluding hydrogens is 354 g/mol. The Morgan fingerprint density at radius 3 is 2.30 bits per heavy atom. The van der Waals surface area contributed by atoms with Crippen LogP contribution in [-0.4, -0.2) is 36.1 Å². The van der Waals surface area contributed by atoms with Crippen molar-refractivity contribution in [3.05, 3.63) is 69.8 Å². The zero-order chi connectivity index (χ0) is 19.6. The van der Waals surface area contributed by atoms with Crippen molar-refractivity contribution >= 4 is 23.4 Å². The fourth-order valence-corrected chi connectivity index (χ4v) is 2.60. The van der Waals surface area contributed by atoms with Crippen LogP contribution in [0.4, 0.5) is 16.2 Å². The van der Waals surface area contributed by atoms with Gasteiger partial charge in [0, 0.05) is 19.2 Å². The van der Waals surface area contributed by atoms with Gasteiger partial charge < -0.3 is 4.74 Å². The predicted molar refractivity (Wildman–Crippen MR) is 95.5 cm³/mol. The molecule has 10 heteroatoms. The summed E-state index contributed by atoms with van der Waals surface area (Å²) in [7, 11) is 2.88. The van der Waals surface area contributed by atoms with E-state index in [-0.39, 0.29) is 11.7 Å². The molecule has 10 nitrogen and oxygen atoms in total. The van der Waals surface area contributed by atoms with Crippen molar-refractivity contribution in [2.24, 2.45) is 0 Å². The minimum atomic E-state index is -0.505. The molecule has 2 aromatic rings. The van der Waals surface area contributed by atoms with E-state index in [1.807, 2.05) is 0 Å². The molecule has 0 aliphatic carbocycles. The van der Waals surface area contributed by atoms with Gasteiger partial charge in [-0.05, 0) is 29.8 Å². The molecular formula is C17H17N5O5. The first-order valence-corrected chi connectivity index (χ1v) is 7.93. The van der Waals surface area contributed by atoms with Crippen molar-refractivity contribution in [2.45, 2.75) is 6.17 Å². The summed E-state index contributed by atoms with van der Waals surface area (Å²) in [4.78, 5) is 34.3. The molecule has 1 unspecified atom stereocenters. The number of carbonyl (C=O) groups is 2. The van der Waals surface area contributed by atoms with Crippen LogP contribution in [0.2, 0.25) is 0 Å². The van der Waals surface area contributed by atoms with E-state index in [1.54, 1.807) is 31.3 Å². The minimum absolute atomic E-state index is 0.0652. The average Bonchev–Trinajstić information content (AvgIpc) is 2.69. The van der Waals surface area contributed by atoms with Gasteiger partial charge in [-0.3, -0.25) is 15.1 Å². The van der Waals surface area contributed by atoms with Crippen molar-refractivity contribution < 1.29 is 19.2 Å². The first-order chi connectivity index (χ1) is 12.9. The number of nitro groups is 1. The lowest BCUT2D eigenvalue weighted by Crippen LogP contribution is -2.64. The number of ether oxygens (including phenoxy) is 1. The van der Waals surface area contributed by atoms with Gasteiger partial charge in [-0.2, -0.15) is 0 Å². The molecule has 0 radical (unpaired) electrons. The number of nitrogens with zero attached hydrogens (tertiary/aromatic N) is 3. The number of methoxy groups -OCH3 is 1. The fraction of sp³-hybridized carbons (Fsp3) is 0.176. The van der Waals surface area contributed by atoms with Gasteiger partial charge >= 0.3 is 12.0 Å². The second kappa shape index (κ2) is 7.40. The number of nitro benzene ring substituents is 1. The lowest BCUT2D eigenvalue weighted by molar-refractivity contribution is -0.384. The Hall–Kier alpha value is -3.50. The monoisotopic (exact) mass is 371 g/mol. The maximum Gasteiger partial charge on any atom is 0.353 e. The van der Waals surface area contributed by atoms with Crippen molar-refractivity contribution in [2.75, 3.05) is 19.2 Å². The number of anilines is 1. The lowest BCUT2D eigenvalue weighted by atomic mass is 10.1. The Morgan fingerprint density at radius 2 is 1.74 bits per heavy atom. The summed E-state index contributed by atoms with van der Waals surface area (Å²) in [5, 5.41) is 13.4. The number of nitrogens with one attached hydrogen (secondary N) is 2. The summed E-state index contributed by atoms with van der Waals surface area (Å²) < 4.78 is 4.67. The van der Waals surface area contributed by atoms with Gasteiger partial charge in [-0.1, -0.05) is 12.1 Å². The van der Waals surface area contributed by atoms with Gasteiger partial charge in [-0.15, -0.1) is 0 Å². The van der Waals surface area contributed by atoms with Gasteiger partial charge in [0.05, 0.1) is 23.3 Å². The Bertz CT molecular complexity index is 868.